The second kappa shape index (κ2) is 9.34. The first-order valence-electron chi connectivity index (χ1n) is 8.58. The van der Waals surface area contributed by atoms with Crippen molar-refractivity contribution in [3.8, 4) is 0 Å². The number of anilines is 2. The zero-order chi connectivity index (χ0) is 21.8. The van der Waals surface area contributed by atoms with E-state index < -0.39 is 18.5 Å². The van der Waals surface area contributed by atoms with E-state index >= 15 is 0 Å². The summed E-state index contributed by atoms with van der Waals surface area (Å²) in [4.78, 5) is 47.6. The highest BCUT2D eigenvalue weighted by Crippen LogP contribution is 2.33. The first-order valence-corrected chi connectivity index (χ1v) is 9.72. The SMILES string of the molecule is O=C(COC(=O)c1ccc(N2NC(=O)CCC2=O)cc1)Nc1c(Cl)cc(Cl)cc1Cl. The molecule has 1 aliphatic rings. The number of carbonyl (C=O) groups excluding carboxylic acids is 4. The summed E-state index contributed by atoms with van der Waals surface area (Å²) in [6.07, 6.45) is 0.237. The molecule has 1 fully saturated rings. The van der Waals surface area contributed by atoms with Gasteiger partial charge in [-0.15, -0.1) is 0 Å². The Morgan fingerprint density at radius 2 is 1.67 bits per heavy atom. The van der Waals surface area contributed by atoms with Crippen molar-refractivity contribution in [3.05, 3.63) is 57.0 Å². The largest absolute Gasteiger partial charge is 0.452 e. The van der Waals surface area contributed by atoms with E-state index in [-0.39, 0.29) is 46.0 Å². The average molecular weight is 471 g/mol. The van der Waals surface area contributed by atoms with Crippen LogP contribution in [0.25, 0.3) is 0 Å². The lowest BCUT2D eigenvalue weighted by atomic mass is 10.2. The predicted molar refractivity (Wildman–Crippen MR) is 112 cm³/mol. The summed E-state index contributed by atoms with van der Waals surface area (Å²) in [6.45, 7) is -0.573. The average Bonchev–Trinajstić information content (AvgIpc) is 2.71. The molecule has 0 unspecified atom stereocenters. The van der Waals surface area contributed by atoms with E-state index in [1.165, 1.54) is 36.4 Å². The Kier molecular flexibility index (Phi) is 6.81. The second-order valence-electron chi connectivity index (χ2n) is 6.18. The van der Waals surface area contributed by atoms with Crippen molar-refractivity contribution in [1.29, 1.82) is 0 Å². The number of carbonyl (C=O) groups is 4. The standard InChI is InChI=1S/C19H14Cl3N3O5/c20-11-7-13(21)18(14(22)8-11)23-16(27)9-30-19(29)10-1-3-12(4-2-10)25-17(28)6-5-15(26)24-25/h1-4,7-8H,5-6,9H2,(H,23,27)(H,24,26). The molecular weight excluding hydrogens is 457 g/mol. The number of nitrogens with one attached hydrogen (secondary N) is 2. The van der Waals surface area contributed by atoms with Crippen molar-refractivity contribution in [3.63, 3.8) is 0 Å². The molecule has 0 atom stereocenters. The molecule has 8 nitrogen and oxygen atoms in total. The van der Waals surface area contributed by atoms with Gasteiger partial charge in [0.05, 0.1) is 27.0 Å². The van der Waals surface area contributed by atoms with Crippen LogP contribution >= 0.6 is 34.8 Å². The van der Waals surface area contributed by atoms with Crippen LogP contribution in [-0.2, 0) is 19.1 Å². The molecule has 2 N–H and O–H groups in total. The van der Waals surface area contributed by atoms with Crippen LogP contribution in [-0.4, -0.2) is 30.3 Å². The van der Waals surface area contributed by atoms with E-state index in [0.717, 1.165) is 5.01 Å². The zero-order valence-electron chi connectivity index (χ0n) is 15.2. The minimum absolute atomic E-state index is 0.104. The highest BCUT2D eigenvalue weighted by atomic mass is 35.5. The number of benzene rings is 2. The van der Waals surface area contributed by atoms with Crippen molar-refractivity contribution < 1.29 is 23.9 Å². The molecule has 0 aromatic heterocycles. The summed E-state index contributed by atoms with van der Waals surface area (Å²) in [5.74, 6) is -1.93. The van der Waals surface area contributed by atoms with Gasteiger partial charge in [-0.3, -0.25) is 19.8 Å². The molecule has 1 saturated heterocycles. The number of rotatable bonds is 5. The molecule has 3 rings (SSSR count). The van der Waals surface area contributed by atoms with Gasteiger partial charge in [0.2, 0.25) is 11.8 Å². The molecule has 30 heavy (non-hydrogen) atoms. The molecule has 0 spiro atoms. The first-order chi connectivity index (χ1) is 14.2. The van der Waals surface area contributed by atoms with Crippen LogP contribution in [0, 0.1) is 0 Å². The fourth-order valence-corrected chi connectivity index (χ4v) is 3.49. The highest BCUT2D eigenvalue weighted by molar-refractivity contribution is 6.42. The van der Waals surface area contributed by atoms with Crippen LogP contribution in [0.3, 0.4) is 0 Å². The van der Waals surface area contributed by atoms with Crippen molar-refractivity contribution in [2.75, 3.05) is 16.9 Å². The molecule has 0 bridgehead atoms. The van der Waals surface area contributed by atoms with Gasteiger partial charge in [0, 0.05) is 17.9 Å². The second-order valence-corrected chi connectivity index (χ2v) is 7.43. The summed E-state index contributed by atoms with van der Waals surface area (Å²) >= 11 is 17.8. The number of esters is 1. The van der Waals surface area contributed by atoms with Crippen molar-refractivity contribution in [2.24, 2.45) is 0 Å². The van der Waals surface area contributed by atoms with Gasteiger partial charge in [-0.1, -0.05) is 34.8 Å². The molecule has 0 saturated carbocycles. The highest BCUT2D eigenvalue weighted by Gasteiger charge is 2.24. The van der Waals surface area contributed by atoms with Crippen LogP contribution in [0.1, 0.15) is 23.2 Å². The minimum atomic E-state index is -0.751. The van der Waals surface area contributed by atoms with Crippen molar-refractivity contribution in [1.82, 2.24) is 5.43 Å². The molecule has 3 amide bonds. The molecule has 1 heterocycles. The van der Waals surface area contributed by atoms with E-state index in [2.05, 4.69) is 10.7 Å². The van der Waals surface area contributed by atoms with Gasteiger partial charge in [-0.05, 0) is 36.4 Å². The van der Waals surface area contributed by atoms with Crippen molar-refractivity contribution in [2.45, 2.75) is 12.8 Å². The lowest BCUT2D eigenvalue weighted by molar-refractivity contribution is -0.130. The lowest BCUT2D eigenvalue weighted by Gasteiger charge is -2.27. The third-order valence-corrected chi connectivity index (χ3v) is 4.83. The maximum absolute atomic E-state index is 12.2. The van der Waals surface area contributed by atoms with E-state index in [0.29, 0.717) is 10.7 Å². The van der Waals surface area contributed by atoms with Gasteiger partial charge < -0.3 is 10.1 Å². The summed E-state index contributed by atoms with van der Waals surface area (Å²) in [7, 11) is 0. The van der Waals surface area contributed by atoms with Gasteiger partial charge in [-0.2, -0.15) is 0 Å². The molecule has 2 aromatic carbocycles. The third kappa shape index (κ3) is 5.21. The number of halogens is 3. The molecule has 0 radical (unpaired) electrons. The predicted octanol–water partition coefficient (Wildman–Crippen LogP) is 3.60. The normalized spacial score (nSPS) is 13.6. The Labute approximate surface area is 186 Å². The number of ether oxygens (including phenoxy) is 1. The Morgan fingerprint density at radius 1 is 1.03 bits per heavy atom. The topological polar surface area (TPSA) is 105 Å². The number of nitrogens with zero attached hydrogens (tertiary/aromatic N) is 1. The van der Waals surface area contributed by atoms with Crippen LogP contribution in [0.5, 0.6) is 0 Å². The molecule has 2 aromatic rings. The Hall–Kier alpha value is -2.81. The Bertz CT molecular complexity index is 1000. The summed E-state index contributed by atoms with van der Waals surface area (Å²) < 4.78 is 4.98. The maximum atomic E-state index is 12.2. The lowest BCUT2D eigenvalue weighted by Crippen LogP contribution is -2.50. The minimum Gasteiger partial charge on any atom is -0.452 e. The molecule has 1 aliphatic heterocycles. The van der Waals surface area contributed by atoms with Gasteiger partial charge in [0.25, 0.3) is 5.91 Å². The first kappa shape index (κ1) is 21.9. The van der Waals surface area contributed by atoms with E-state index in [4.69, 9.17) is 39.5 Å². The van der Waals surface area contributed by atoms with E-state index in [1.807, 2.05) is 0 Å². The fraction of sp³-hybridized carbons (Fsp3) is 0.158. The summed E-state index contributed by atoms with van der Waals surface area (Å²) in [5, 5.41) is 4.16. The molecular formula is C19H14Cl3N3O5. The Morgan fingerprint density at radius 3 is 2.30 bits per heavy atom. The fourth-order valence-electron chi connectivity index (χ4n) is 2.58. The van der Waals surface area contributed by atoms with Crippen LogP contribution in [0.2, 0.25) is 15.1 Å². The summed E-state index contributed by atoms with van der Waals surface area (Å²) in [5.41, 5.74) is 3.16. The Balaban J connectivity index is 1.58. The molecule has 11 heteroatoms. The van der Waals surface area contributed by atoms with E-state index in [1.54, 1.807) is 0 Å². The van der Waals surface area contributed by atoms with Crippen LogP contribution in [0.4, 0.5) is 11.4 Å². The smallest absolute Gasteiger partial charge is 0.338 e. The third-order valence-electron chi connectivity index (χ3n) is 4.02. The number of hydrazine groups is 1. The number of hydrogen-bond acceptors (Lipinski definition) is 5. The molecule has 0 aliphatic carbocycles. The van der Waals surface area contributed by atoms with Crippen LogP contribution in [0.15, 0.2) is 36.4 Å². The van der Waals surface area contributed by atoms with Gasteiger partial charge in [0.15, 0.2) is 6.61 Å². The van der Waals surface area contributed by atoms with Crippen molar-refractivity contribution >= 4 is 69.9 Å². The monoisotopic (exact) mass is 469 g/mol. The zero-order valence-corrected chi connectivity index (χ0v) is 17.5. The number of amides is 3. The quantitative estimate of drug-likeness (QED) is 0.650. The van der Waals surface area contributed by atoms with Gasteiger partial charge >= 0.3 is 5.97 Å². The summed E-state index contributed by atoms with van der Waals surface area (Å²) in [6, 6.07) is 8.61. The van der Waals surface area contributed by atoms with Crippen LogP contribution < -0.4 is 15.8 Å². The molecule has 156 valence electrons. The van der Waals surface area contributed by atoms with Gasteiger partial charge in [0.1, 0.15) is 0 Å². The van der Waals surface area contributed by atoms with Gasteiger partial charge in [-0.25, -0.2) is 9.80 Å². The number of hydrogen-bond donors (Lipinski definition) is 2. The van der Waals surface area contributed by atoms with E-state index in [9.17, 15) is 19.2 Å². The maximum Gasteiger partial charge on any atom is 0.338 e.